The van der Waals surface area contributed by atoms with Gasteiger partial charge in [-0.2, -0.15) is 13.9 Å². The number of imidazole rings is 1. The van der Waals surface area contributed by atoms with E-state index in [2.05, 4.69) is 14.8 Å². The van der Waals surface area contributed by atoms with Crippen LogP contribution < -0.4 is 15.2 Å². The van der Waals surface area contributed by atoms with Crippen LogP contribution in [0.2, 0.25) is 0 Å². The summed E-state index contributed by atoms with van der Waals surface area (Å²) in [5.41, 5.74) is 7.03. The van der Waals surface area contributed by atoms with E-state index < -0.39 is 6.61 Å². The van der Waals surface area contributed by atoms with E-state index in [1.807, 2.05) is 0 Å². The fourth-order valence-electron chi connectivity index (χ4n) is 1.68. The van der Waals surface area contributed by atoms with Crippen LogP contribution in [0.15, 0.2) is 29.5 Å². The van der Waals surface area contributed by atoms with Gasteiger partial charge in [-0.05, 0) is 30.7 Å². The van der Waals surface area contributed by atoms with Crippen LogP contribution in [0, 0.1) is 6.92 Å². The first-order valence-electron chi connectivity index (χ1n) is 5.98. The second-order valence-electron chi connectivity index (χ2n) is 4.12. The predicted octanol–water partition coefficient (Wildman–Crippen LogP) is 2.27. The van der Waals surface area contributed by atoms with Gasteiger partial charge >= 0.3 is 6.61 Å². The van der Waals surface area contributed by atoms with Gasteiger partial charge in [0.25, 0.3) is 0 Å². The van der Waals surface area contributed by atoms with Gasteiger partial charge in [0.2, 0.25) is 5.95 Å². The molecule has 2 N–H and O–H groups in total. The van der Waals surface area contributed by atoms with Crippen molar-refractivity contribution in [3.63, 3.8) is 0 Å². The van der Waals surface area contributed by atoms with Crippen molar-refractivity contribution in [3.05, 3.63) is 35.7 Å². The number of ether oxygens (including phenoxy) is 2. The van der Waals surface area contributed by atoms with Gasteiger partial charge in [0.1, 0.15) is 0 Å². The van der Waals surface area contributed by atoms with Gasteiger partial charge in [-0.15, -0.1) is 0 Å². The molecular weight excluding hydrogens is 282 g/mol. The van der Waals surface area contributed by atoms with Crippen molar-refractivity contribution in [2.24, 2.45) is 5.10 Å². The first-order chi connectivity index (χ1) is 9.99. The lowest BCUT2D eigenvalue weighted by atomic mass is 10.2. The monoisotopic (exact) mass is 296 g/mol. The molecule has 0 atom stereocenters. The zero-order valence-electron chi connectivity index (χ0n) is 11.5. The van der Waals surface area contributed by atoms with Crippen molar-refractivity contribution in [2.45, 2.75) is 13.5 Å². The van der Waals surface area contributed by atoms with E-state index in [-0.39, 0.29) is 17.4 Å². The molecular formula is C13H14F2N4O2. The number of anilines is 1. The molecule has 0 aliphatic rings. The highest BCUT2D eigenvalue weighted by molar-refractivity contribution is 5.81. The summed E-state index contributed by atoms with van der Waals surface area (Å²) >= 11 is 0. The summed E-state index contributed by atoms with van der Waals surface area (Å²) in [4.78, 5) is 4.00. The molecule has 0 amide bonds. The van der Waals surface area contributed by atoms with E-state index in [0.717, 1.165) is 5.69 Å². The Morgan fingerprint density at radius 3 is 2.71 bits per heavy atom. The number of hydrogen-bond donors (Lipinski definition) is 1. The van der Waals surface area contributed by atoms with Gasteiger partial charge in [0.15, 0.2) is 11.5 Å². The van der Waals surface area contributed by atoms with Crippen LogP contribution in [0.1, 0.15) is 11.3 Å². The molecule has 0 bridgehead atoms. The molecule has 0 aliphatic carbocycles. The fourth-order valence-corrected chi connectivity index (χ4v) is 1.68. The average Bonchev–Trinajstić information content (AvgIpc) is 2.75. The SMILES string of the molecule is COc1cc(C=Nn2cc(C)nc2N)ccc1OC(F)F. The molecule has 2 aromatic rings. The summed E-state index contributed by atoms with van der Waals surface area (Å²) < 4.78 is 35.2. The molecule has 0 radical (unpaired) electrons. The first-order valence-corrected chi connectivity index (χ1v) is 5.98. The minimum atomic E-state index is -2.91. The number of benzene rings is 1. The minimum absolute atomic E-state index is 0.0392. The predicted molar refractivity (Wildman–Crippen MR) is 74.0 cm³/mol. The van der Waals surface area contributed by atoms with Gasteiger partial charge in [-0.3, -0.25) is 0 Å². The zero-order chi connectivity index (χ0) is 15.4. The zero-order valence-corrected chi connectivity index (χ0v) is 11.5. The second kappa shape index (κ2) is 6.21. The number of halogens is 2. The van der Waals surface area contributed by atoms with Crippen LogP contribution in [0.3, 0.4) is 0 Å². The molecule has 0 aliphatic heterocycles. The molecule has 1 aromatic heterocycles. The average molecular weight is 296 g/mol. The molecule has 6 nitrogen and oxygen atoms in total. The summed E-state index contributed by atoms with van der Waals surface area (Å²) in [6, 6.07) is 4.49. The van der Waals surface area contributed by atoms with E-state index in [0.29, 0.717) is 5.56 Å². The molecule has 0 unspecified atom stereocenters. The normalized spacial score (nSPS) is 11.3. The second-order valence-corrected chi connectivity index (χ2v) is 4.12. The van der Waals surface area contributed by atoms with E-state index in [9.17, 15) is 8.78 Å². The molecule has 21 heavy (non-hydrogen) atoms. The van der Waals surface area contributed by atoms with E-state index in [1.165, 1.54) is 30.1 Å². The van der Waals surface area contributed by atoms with E-state index in [1.54, 1.807) is 19.2 Å². The quantitative estimate of drug-likeness (QED) is 0.859. The molecule has 0 saturated carbocycles. The van der Waals surface area contributed by atoms with Crippen LogP contribution >= 0.6 is 0 Å². The van der Waals surface area contributed by atoms with Gasteiger partial charge in [0.05, 0.1) is 25.2 Å². The van der Waals surface area contributed by atoms with Gasteiger partial charge in [-0.25, -0.2) is 9.66 Å². The van der Waals surface area contributed by atoms with Crippen LogP contribution in [-0.2, 0) is 0 Å². The maximum absolute atomic E-state index is 12.2. The molecule has 1 aromatic carbocycles. The lowest BCUT2D eigenvalue weighted by Gasteiger charge is -2.09. The fraction of sp³-hybridized carbons (Fsp3) is 0.231. The number of aromatic nitrogens is 2. The number of nitrogens with zero attached hydrogens (tertiary/aromatic N) is 3. The van der Waals surface area contributed by atoms with Crippen LogP contribution in [0.5, 0.6) is 11.5 Å². The highest BCUT2D eigenvalue weighted by atomic mass is 19.3. The van der Waals surface area contributed by atoms with Crippen molar-refractivity contribution in [1.29, 1.82) is 0 Å². The maximum Gasteiger partial charge on any atom is 0.387 e. The smallest absolute Gasteiger partial charge is 0.387 e. The molecule has 8 heteroatoms. The highest BCUT2D eigenvalue weighted by Crippen LogP contribution is 2.28. The highest BCUT2D eigenvalue weighted by Gasteiger charge is 2.10. The number of alkyl halides is 2. The summed E-state index contributed by atoms with van der Waals surface area (Å²) in [6.07, 6.45) is 3.17. The van der Waals surface area contributed by atoms with E-state index >= 15 is 0 Å². The first kappa shape index (κ1) is 14.8. The summed E-state index contributed by atoms with van der Waals surface area (Å²) in [6.45, 7) is -1.12. The van der Waals surface area contributed by atoms with Crippen molar-refractivity contribution in [2.75, 3.05) is 12.8 Å². The topological polar surface area (TPSA) is 74.7 Å². The lowest BCUT2D eigenvalue weighted by Crippen LogP contribution is -2.04. The summed E-state index contributed by atoms with van der Waals surface area (Å²) in [5, 5.41) is 4.12. The minimum Gasteiger partial charge on any atom is -0.493 e. The van der Waals surface area contributed by atoms with Crippen molar-refractivity contribution in [1.82, 2.24) is 9.66 Å². The Labute approximate surface area is 119 Å². The summed E-state index contributed by atoms with van der Waals surface area (Å²) in [7, 11) is 1.37. The molecule has 0 spiro atoms. The maximum atomic E-state index is 12.2. The number of nitrogen functional groups attached to an aromatic ring is 1. The lowest BCUT2D eigenvalue weighted by molar-refractivity contribution is -0.0512. The molecule has 112 valence electrons. The third-order valence-electron chi connectivity index (χ3n) is 2.57. The number of rotatable bonds is 5. The Balaban J connectivity index is 2.23. The number of nitrogens with two attached hydrogens (primary N) is 1. The number of methoxy groups -OCH3 is 1. The Bertz CT molecular complexity index is 656. The van der Waals surface area contributed by atoms with Crippen LogP contribution in [0.4, 0.5) is 14.7 Å². The van der Waals surface area contributed by atoms with Gasteiger partial charge < -0.3 is 15.2 Å². The number of aryl methyl sites for hydroxylation is 1. The third kappa shape index (κ3) is 3.68. The van der Waals surface area contributed by atoms with Gasteiger partial charge in [-0.1, -0.05) is 0 Å². The third-order valence-corrected chi connectivity index (χ3v) is 2.57. The van der Waals surface area contributed by atoms with Crippen molar-refractivity contribution < 1.29 is 18.3 Å². The molecule has 0 fully saturated rings. The Hall–Kier alpha value is -2.64. The summed E-state index contributed by atoms with van der Waals surface area (Å²) in [5.74, 6) is 0.407. The van der Waals surface area contributed by atoms with Crippen LogP contribution in [0.25, 0.3) is 0 Å². The largest absolute Gasteiger partial charge is 0.493 e. The van der Waals surface area contributed by atoms with Crippen molar-refractivity contribution in [3.8, 4) is 11.5 Å². The molecule has 1 heterocycles. The van der Waals surface area contributed by atoms with E-state index in [4.69, 9.17) is 10.5 Å². The Morgan fingerprint density at radius 1 is 1.38 bits per heavy atom. The Morgan fingerprint density at radius 2 is 2.14 bits per heavy atom. The number of hydrogen-bond acceptors (Lipinski definition) is 5. The van der Waals surface area contributed by atoms with Gasteiger partial charge in [0, 0.05) is 0 Å². The molecule has 0 saturated heterocycles. The standard InChI is InChI=1S/C13H14F2N4O2/c1-8-7-19(13(16)18-8)17-6-9-3-4-10(21-12(14)15)11(5-9)20-2/h3-7,12H,1-2H3,(H2,16,18). The Kier molecular flexibility index (Phi) is 4.36. The molecule has 2 rings (SSSR count). The van der Waals surface area contributed by atoms with Crippen LogP contribution in [-0.4, -0.2) is 29.6 Å². The van der Waals surface area contributed by atoms with Crippen molar-refractivity contribution >= 4 is 12.2 Å².